The number of carbonyl (C=O) groups excluding carboxylic acids is 1. The van der Waals surface area contributed by atoms with Gasteiger partial charge < -0.3 is 10.1 Å². The first kappa shape index (κ1) is 18.8. The van der Waals surface area contributed by atoms with E-state index in [1.165, 1.54) is 11.8 Å². The molecule has 1 N–H and O–H groups in total. The maximum absolute atomic E-state index is 12.7. The van der Waals surface area contributed by atoms with E-state index in [4.69, 9.17) is 4.74 Å². The van der Waals surface area contributed by atoms with E-state index < -0.39 is 0 Å². The van der Waals surface area contributed by atoms with Gasteiger partial charge in [0.2, 0.25) is 11.1 Å². The molecule has 0 bridgehead atoms. The van der Waals surface area contributed by atoms with Crippen molar-refractivity contribution in [2.75, 3.05) is 6.61 Å². The van der Waals surface area contributed by atoms with E-state index in [1.54, 1.807) is 4.68 Å². The lowest BCUT2D eigenvalue weighted by molar-refractivity contribution is -0.121. The second-order valence-corrected chi connectivity index (χ2v) is 7.87. The minimum Gasteiger partial charge on any atom is -0.376 e. The molecule has 140 valence electrons. The number of hydrogen-bond acceptors (Lipinski definition) is 6. The van der Waals surface area contributed by atoms with E-state index in [0.717, 1.165) is 25.0 Å². The SMILES string of the molecule is CC(C)[C@H](Sc1nnnn1C[C@H]1CCCO1)C(=O)NCc1ccccc1. The standard InChI is InChI=1S/C18H25N5O2S/c1-13(2)16(17(24)19-11-14-7-4-3-5-8-14)26-18-20-21-22-23(18)12-15-9-6-10-25-15/h3-5,7-8,13,15-16H,6,9-12H2,1-2H3,(H,19,24)/t15-,16+/m1/s1. The van der Waals surface area contributed by atoms with E-state index in [0.29, 0.717) is 18.2 Å². The molecule has 2 atom stereocenters. The Morgan fingerprint density at radius 3 is 2.88 bits per heavy atom. The number of tetrazole rings is 1. The largest absolute Gasteiger partial charge is 0.376 e. The minimum absolute atomic E-state index is 0.000481. The van der Waals surface area contributed by atoms with Gasteiger partial charge in [-0.15, -0.1) is 5.10 Å². The zero-order valence-corrected chi connectivity index (χ0v) is 16.0. The Hall–Kier alpha value is -1.93. The summed E-state index contributed by atoms with van der Waals surface area (Å²) in [6, 6.07) is 9.90. The molecule has 1 saturated heterocycles. The highest BCUT2D eigenvalue weighted by atomic mass is 32.2. The van der Waals surface area contributed by atoms with Gasteiger partial charge in [0.25, 0.3) is 0 Å². The quantitative estimate of drug-likeness (QED) is 0.713. The molecule has 2 heterocycles. The number of carbonyl (C=O) groups is 1. The molecule has 26 heavy (non-hydrogen) atoms. The summed E-state index contributed by atoms with van der Waals surface area (Å²) in [7, 11) is 0. The summed E-state index contributed by atoms with van der Waals surface area (Å²) in [6.45, 7) is 6.02. The lowest BCUT2D eigenvalue weighted by atomic mass is 10.1. The zero-order chi connectivity index (χ0) is 18.4. The van der Waals surface area contributed by atoms with Crippen LogP contribution in [0.15, 0.2) is 35.5 Å². The molecule has 8 heteroatoms. The summed E-state index contributed by atoms with van der Waals surface area (Å²) in [5.74, 6) is 0.157. The molecule has 0 aliphatic carbocycles. The summed E-state index contributed by atoms with van der Waals surface area (Å²) in [6.07, 6.45) is 2.25. The lowest BCUT2D eigenvalue weighted by Crippen LogP contribution is -2.35. The van der Waals surface area contributed by atoms with Gasteiger partial charge in [0.05, 0.1) is 17.9 Å². The first-order valence-electron chi connectivity index (χ1n) is 8.99. The second kappa shape index (κ2) is 9.14. The maximum atomic E-state index is 12.7. The Labute approximate surface area is 157 Å². The second-order valence-electron chi connectivity index (χ2n) is 6.76. The highest BCUT2D eigenvalue weighted by Gasteiger charge is 2.27. The minimum atomic E-state index is -0.257. The van der Waals surface area contributed by atoms with Gasteiger partial charge in [0.1, 0.15) is 0 Å². The molecule has 2 aromatic rings. The van der Waals surface area contributed by atoms with E-state index in [2.05, 4.69) is 20.8 Å². The first-order valence-corrected chi connectivity index (χ1v) is 9.87. The fourth-order valence-electron chi connectivity index (χ4n) is 2.87. The van der Waals surface area contributed by atoms with Crippen LogP contribution < -0.4 is 5.32 Å². The molecule has 7 nitrogen and oxygen atoms in total. The summed E-state index contributed by atoms with van der Waals surface area (Å²) in [5.41, 5.74) is 1.08. The van der Waals surface area contributed by atoms with Crippen LogP contribution in [0, 0.1) is 5.92 Å². The van der Waals surface area contributed by atoms with Crippen LogP contribution >= 0.6 is 11.8 Å². The van der Waals surface area contributed by atoms with Crippen LogP contribution in [0.1, 0.15) is 32.3 Å². The van der Waals surface area contributed by atoms with Crippen LogP contribution in [-0.4, -0.2) is 44.1 Å². The van der Waals surface area contributed by atoms with E-state index >= 15 is 0 Å². The van der Waals surface area contributed by atoms with Gasteiger partial charge >= 0.3 is 0 Å². The van der Waals surface area contributed by atoms with E-state index in [1.807, 2.05) is 44.2 Å². The number of nitrogens with one attached hydrogen (secondary N) is 1. The fourth-order valence-corrected chi connectivity index (χ4v) is 3.87. The monoisotopic (exact) mass is 375 g/mol. The Balaban J connectivity index is 1.61. The summed E-state index contributed by atoms with van der Waals surface area (Å²) >= 11 is 1.42. The first-order chi connectivity index (χ1) is 12.6. The van der Waals surface area contributed by atoms with Crippen molar-refractivity contribution in [2.24, 2.45) is 5.92 Å². The van der Waals surface area contributed by atoms with Crippen LogP contribution in [0.2, 0.25) is 0 Å². The average Bonchev–Trinajstić information content (AvgIpc) is 3.31. The van der Waals surface area contributed by atoms with Crippen molar-refractivity contribution in [3.8, 4) is 0 Å². The molecule has 1 aliphatic rings. The molecule has 1 aromatic carbocycles. The van der Waals surface area contributed by atoms with Gasteiger partial charge in [0.15, 0.2) is 0 Å². The third-order valence-corrected chi connectivity index (χ3v) is 5.82. The number of rotatable bonds is 8. The lowest BCUT2D eigenvalue weighted by Gasteiger charge is -2.19. The maximum Gasteiger partial charge on any atom is 0.234 e. The molecule has 0 saturated carbocycles. The van der Waals surface area contributed by atoms with Crippen molar-refractivity contribution in [1.29, 1.82) is 0 Å². The van der Waals surface area contributed by atoms with Gasteiger partial charge in [-0.1, -0.05) is 55.9 Å². The third kappa shape index (κ3) is 5.04. The van der Waals surface area contributed by atoms with Gasteiger partial charge in [-0.05, 0) is 34.7 Å². The normalized spacial score (nSPS) is 18.2. The zero-order valence-electron chi connectivity index (χ0n) is 15.2. The number of aromatic nitrogens is 4. The highest BCUT2D eigenvalue weighted by molar-refractivity contribution is 8.00. The van der Waals surface area contributed by atoms with Crippen molar-refractivity contribution >= 4 is 17.7 Å². The van der Waals surface area contributed by atoms with Gasteiger partial charge in [0, 0.05) is 13.2 Å². The fraction of sp³-hybridized carbons (Fsp3) is 0.556. The van der Waals surface area contributed by atoms with Crippen LogP contribution in [0.4, 0.5) is 0 Å². The van der Waals surface area contributed by atoms with Crippen LogP contribution in [0.3, 0.4) is 0 Å². The molecule has 0 radical (unpaired) electrons. The predicted octanol–water partition coefficient (Wildman–Crippen LogP) is 2.29. The summed E-state index contributed by atoms with van der Waals surface area (Å²) in [5, 5.41) is 15.4. The number of amides is 1. The smallest absolute Gasteiger partial charge is 0.234 e. The molecule has 1 aromatic heterocycles. The summed E-state index contributed by atoms with van der Waals surface area (Å²) < 4.78 is 7.41. The van der Waals surface area contributed by atoms with Crippen LogP contribution in [-0.2, 0) is 22.6 Å². The molecule has 1 fully saturated rings. The molecule has 3 rings (SSSR count). The molecular formula is C18H25N5O2S. The van der Waals surface area contributed by atoms with Crippen molar-refractivity contribution in [3.63, 3.8) is 0 Å². The molecule has 0 unspecified atom stereocenters. The van der Waals surface area contributed by atoms with E-state index in [-0.39, 0.29) is 23.2 Å². The molecular weight excluding hydrogens is 350 g/mol. The Kier molecular flexibility index (Phi) is 6.62. The number of thioether (sulfide) groups is 1. The van der Waals surface area contributed by atoms with Crippen molar-refractivity contribution < 1.29 is 9.53 Å². The highest BCUT2D eigenvalue weighted by Crippen LogP contribution is 2.27. The van der Waals surface area contributed by atoms with Crippen molar-refractivity contribution in [3.05, 3.63) is 35.9 Å². The molecule has 1 amide bonds. The van der Waals surface area contributed by atoms with Crippen molar-refractivity contribution in [1.82, 2.24) is 25.5 Å². The third-order valence-electron chi connectivity index (χ3n) is 4.31. The summed E-state index contributed by atoms with van der Waals surface area (Å²) in [4.78, 5) is 12.7. The number of benzene rings is 1. The number of ether oxygens (including phenoxy) is 1. The molecule has 0 spiro atoms. The topological polar surface area (TPSA) is 81.9 Å². The van der Waals surface area contributed by atoms with Crippen molar-refractivity contribution in [2.45, 2.75) is 56.3 Å². The number of nitrogens with zero attached hydrogens (tertiary/aromatic N) is 4. The Bertz CT molecular complexity index is 701. The van der Waals surface area contributed by atoms with E-state index in [9.17, 15) is 4.79 Å². The van der Waals surface area contributed by atoms with Crippen LogP contribution in [0.5, 0.6) is 0 Å². The average molecular weight is 375 g/mol. The Morgan fingerprint density at radius 2 is 2.19 bits per heavy atom. The number of hydrogen-bond donors (Lipinski definition) is 1. The molecule has 1 aliphatic heterocycles. The van der Waals surface area contributed by atoms with Gasteiger partial charge in [-0.3, -0.25) is 4.79 Å². The van der Waals surface area contributed by atoms with Crippen LogP contribution in [0.25, 0.3) is 0 Å². The van der Waals surface area contributed by atoms with Gasteiger partial charge in [-0.2, -0.15) is 0 Å². The predicted molar refractivity (Wildman–Crippen MR) is 99.6 cm³/mol. The van der Waals surface area contributed by atoms with Gasteiger partial charge in [-0.25, -0.2) is 4.68 Å². The Morgan fingerprint density at radius 1 is 1.38 bits per heavy atom.